The average Bonchev–Trinajstić information content (AvgIpc) is 2.88. The minimum absolute atomic E-state index is 0.259. The summed E-state index contributed by atoms with van der Waals surface area (Å²) in [7, 11) is -0.391. The molecule has 114 valence electrons. The maximum absolute atomic E-state index is 12.0. The molecular weight excluding hydrogens is 288 g/mol. The normalized spacial score (nSPS) is 12.9. The smallest absolute Gasteiger partial charge is 0.242 e. The van der Waals surface area contributed by atoms with Crippen LogP contribution in [0.2, 0.25) is 0 Å². The first kappa shape index (κ1) is 15.7. The Morgan fingerprint density at radius 2 is 1.76 bits per heavy atom. The van der Waals surface area contributed by atoms with Crippen molar-refractivity contribution >= 4 is 10.0 Å². The molecule has 0 bridgehead atoms. The highest BCUT2D eigenvalue weighted by atomic mass is 32.2. The molecule has 0 aliphatic rings. The number of hydrogen-bond donors (Lipinski definition) is 2. The summed E-state index contributed by atoms with van der Waals surface area (Å²) in [6.07, 6.45) is 1.69. The summed E-state index contributed by atoms with van der Waals surface area (Å²) in [5, 5.41) is 0. The molecule has 1 aromatic heterocycles. The Labute approximate surface area is 125 Å². The van der Waals surface area contributed by atoms with Crippen molar-refractivity contribution in [3.8, 4) is 11.3 Å². The monoisotopic (exact) mass is 308 g/mol. The van der Waals surface area contributed by atoms with Crippen LogP contribution < -0.4 is 5.73 Å². The van der Waals surface area contributed by atoms with Gasteiger partial charge >= 0.3 is 0 Å². The molecule has 0 spiro atoms. The third kappa shape index (κ3) is 3.15. The van der Waals surface area contributed by atoms with Crippen molar-refractivity contribution in [2.24, 2.45) is 5.73 Å². The van der Waals surface area contributed by atoms with Crippen LogP contribution in [-0.2, 0) is 15.6 Å². The molecule has 0 unspecified atom stereocenters. The van der Waals surface area contributed by atoms with Crippen molar-refractivity contribution < 1.29 is 8.42 Å². The number of rotatable bonds is 4. The molecule has 1 aromatic carbocycles. The number of imidazole rings is 1. The Morgan fingerprint density at radius 3 is 2.19 bits per heavy atom. The molecule has 0 atom stereocenters. The Morgan fingerprint density at radius 1 is 1.19 bits per heavy atom. The van der Waals surface area contributed by atoms with Crippen LogP contribution in [0.5, 0.6) is 0 Å². The molecule has 21 heavy (non-hydrogen) atoms. The number of hydrogen-bond acceptors (Lipinski definition) is 4. The van der Waals surface area contributed by atoms with Gasteiger partial charge in [0.05, 0.1) is 22.3 Å². The molecule has 0 fully saturated rings. The first-order chi connectivity index (χ1) is 9.62. The Kier molecular flexibility index (Phi) is 3.92. The van der Waals surface area contributed by atoms with Gasteiger partial charge in [-0.3, -0.25) is 0 Å². The summed E-state index contributed by atoms with van der Waals surface area (Å²) >= 11 is 0. The van der Waals surface area contributed by atoms with E-state index in [0.717, 1.165) is 11.3 Å². The zero-order valence-electron chi connectivity index (χ0n) is 12.6. The number of nitrogens with two attached hydrogens (primary N) is 1. The SMILES string of the molecule is CN(C)S(=O)(=O)c1ccc(-c2cnc(C(C)(C)N)[nH]2)cc1. The van der Waals surface area contributed by atoms with Gasteiger partial charge in [0, 0.05) is 14.1 Å². The minimum atomic E-state index is -3.41. The molecule has 0 aliphatic heterocycles. The van der Waals surface area contributed by atoms with E-state index in [2.05, 4.69) is 9.97 Å². The highest BCUT2D eigenvalue weighted by molar-refractivity contribution is 7.89. The molecule has 7 heteroatoms. The summed E-state index contributed by atoms with van der Waals surface area (Å²) in [5.74, 6) is 0.683. The highest BCUT2D eigenvalue weighted by Gasteiger charge is 2.19. The van der Waals surface area contributed by atoms with Crippen LogP contribution in [0.15, 0.2) is 35.4 Å². The lowest BCUT2D eigenvalue weighted by Crippen LogP contribution is -2.30. The number of H-pyrrole nitrogens is 1. The summed E-state index contributed by atoms with van der Waals surface area (Å²) < 4.78 is 25.2. The third-order valence-corrected chi connectivity index (χ3v) is 4.96. The molecule has 2 rings (SSSR count). The van der Waals surface area contributed by atoms with Crippen LogP contribution in [0, 0.1) is 0 Å². The van der Waals surface area contributed by atoms with E-state index in [4.69, 9.17) is 5.73 Å². The number of benzene rings is 1. The lowest BCUT2D eigenvalue weighted by molar-refractivity contribution is 0.520. The number of sulfonamides is 1. The molecule has 3 N–H and O–H groups in total. The Balaban J connectivity index is 2.34. The maximum Gasteiger partial charge on any atom is 0.242 e. The van der Waals surface area contributed by atoms with Gasteiger partial charge in [-0.1, -0.05) is 12.1 Å². The van der Waals surface area contributed by atoms with Crippen molar-refractivity contribution in [3.05, 3.63) is 36.3 Å². The van der Waals surface area contributed by atoms with Crippen molar-refractivity contribution in [2.45, 2.75) is 24.3 Å². The van der Waals surface area contributed by atoms with Gasteiger partial charge in [-0.2, -0.15) is 0 Å². The van der Waals surface area contributed by atoms with Gasteiger partial charge in [-0.25, -0.2) is 17.7 Å². The van der Waals surface area contributed by atoms with E-state index in [0.29, 0.717) is 5.82 Å². The fourth-order valence-electron chi connectivity index (χ4n) is 1.81. The third-order valence-electron chi connectivity index (χ3n) is 3.13. The van der Waals surface area contributed by atoms with Crippen molar-refractivity contribution in [2.75, 3.05) is 14.1 Å². The van der Waals surface area contributed by atoms with Crippen LogP contribution in [0.1, 0.15) is 19.7 Å². The van der Waals surface area contributed by atoms with Gasteiger partial charge in [0.25, 0.3) is 0 Å². The highest BCUT2D eigenvalue weighted by Crippen LogP contribution is 2.23. The lowest BCUT2D eigenvalue weighted by Gasteiger charge is -2.14. The zero-order chi connectivity index (χ0) is 15.8. The van der Waals surface area contributed by atoms with Gasteiger partial charge in [0.1, 0.15) is 5.82 Å². The fourth-order valence-corrected chi connectivity index (χ4v) is 2.71. The second-order valence-electron chi connectivity index (χ2n) is 5.68. The lowest BCUT2D eigenvalue weighted by atomic mass is 10.1. The number of aromatic nitrogens is 2. The standard InChI is InChI=1S/C14H20N4O2S/c1-14(2,15)13-16-9-12(17-13)10-5-7-11(8-6-10)21(19,20)18(3)4/h5-9H,15H2,1-4H3,(H,16,17). The fraction of sp³-hybridized carbons (Fsp3) is 0.357. The number of nitrogens with one attached hydrogen (secondary N) is 1. The van der Waals surface area contributed by atoms with Crippen molar-refractivity contribution in [3.63, 3.8) is 0 Å². The molecule has 0 saturated carbocycles. The minimum Gasteiger partial charge on any atom is -0.340 e. The van der Waals surface area contributed by atoms with Gasteiger partial charge < -0.3 is 10.7 Å². The summed E-state index contributed by atoms with van der Waals surface area (Å²) in [4.78, 5) is 7.67. The van der Waals surface area contributed by atoms with Crippen LogP contribution in [0.25, 0.3) is 11.3 Å². The van der Waals surface area contributed by atoms with Crippen LogP contribution in [0.3, 0.4) is 0 Å². The van der Waals surface area contributed by atoms with Crippen molar-refractivity contribution in [1.82, 2.24) is 14.3 Å². The average molecular weight is 308 g/mol. The molecule has 0 amide bonds. The van der Waals surface area contributed by atoms with Gasteiger partial charge in [-0.15, -0.1) is 0 Å². The first-order valence-electron chi connectivity index (χ1n) is 6.49. The topological polar surface area (TPSA) is 92.1 Å². The van der Waals surface area contributed by atoms with Crippen molar-refractivity contribution in [1.29, 1.82) is 0 Å². The molecule has 6 nitrogen and oxygen atoms in total. The second kappa shape index (κ2) is 5.25. The molecule has 1 heterocycles. The van der Waals surface area contributed by atoms with E-state index in [1.807, 2.05) is 13.8 Å². The predicted octanol–water partition coefficient (Wildman–Crippen LogP) is 1.52. The largest absolute Gasteiger partial charge is 0.340 e. The van der Waals surface area contributed by atoms with E-state index >= 15 is 0 Å². The molecule has 0 aliphatic carbocycles. The number of nitrogens with zero attached hydrogens (tertiary/aromatic N) is 2. The van der Waals surface area contributed by atoms with Crippen LogP contribution in [-0.4, -0.2) is 36.8 Å². The molecular formula is C14H20N4O2S. The quantitative estimate of drug-likeness (QED) is 0.895. The molecule has 0 radical (unpaired) electrons. The summed E-state index contributed by atoms with van der Waals surface area (Å²) in [6.45, 7) is 3.73. The second-order valence-corrected chi connectivity index (χ2v) is 7.83. The molecule has 2 aromatic rings. The van der Waals surface area contributed by atoms with E-state index in [1.54, 1.807) is 30.5 Å². The van der Waals surface area contributed by atoms with E-state index < -0.39 is 15.6 Å². The summed E-state index contributed by atoms with van der Waals surface area (Å²) in [6, 6.07) is 6.66. The zero-order valence-corrected chi connectivity index (χ0v) is 13.4. The van der Waals surface area contributed by atoms with E-state index in [1.165, 1.54) is 18.4 Å². The van der Waals surface area contributed by atoms with E-state index in [-0.39, 0.29) is 4.90 Å². The first-order valence-corrected chi connectivity index (χ1v) is 7.94. The van der Waals surface area contributed by atoms with Crippen LogP contribution in [0.4, 0.5) is 0 Å². The Bertz CT molecular complexity index is 725. The number of aromatic amines is 1. The Hall–Kier alpha value is -1.70. The van der Waals surface area contributed by atoms with E-state index in [9.17, 15) is 8.42 Å². The maximum atomic E-state index is 12.0. The van der Waals surface area contributed by atoms with Gasteiger partial charge in [0.2, 0.25) is 10.0 Å². The van der Waals surface area contributed by atoms with Crippen LogP contribution >= 0.6 is 0 Å². The van der Waals surface area contributed by atoms with Gasteiger partial charge in [-0.05, 0) is 31.5 Å². The van der Waals surface area contributed by atoms with Gasteiger partial charge in [0.15, 0.2) is 0 Å². The predicted molar refractivity (Wildman–Crippen MR) is 82.1 cm³/mol. The molecule has 0 saturated heterocycles. The summed E-state index contributed by atoms with van der Waals surface area (Å²) in [5.41, 5.74) is 7.10.